The Hall–Kier alpha value is -1.11. The van der Waals surface area contributed by atoms with E-state index in [0.29, 0.717) is 10.0 Å². The van der Waals surface area contributed by atoms with Crippen LogP contribution in [0.5, 0.6) is 0 Å². The van der Waals surface area contributed by atoms with Crippen molar-refractivity contribution in [3.05, 3.63) is 55.2 Å². The molecule has 0 saturated heterocycles. The predicted molar refractivity (Wildman–Crippen MR) is 92.3 cm³/mol. The van der Waals surface area contributed by atoms with Gasteiger partial charge < -0.3 is 5.32 Å². The van der Waals surface area contributed by atoms with Crippen LogP contribution in [0.1, 0.15) is 35.3 Å². The van der Waals surface area contributed by atoms with Gasteiger partial charge in [0.15, 0.2) is 0 Å². The van der Waals surface area contributed by atoms with Crippen molar-refractivity contribution in [3.63, 3.8) is 0 Å². The first kappa shape index (κ1) is 18.2. The molecule has 2 rings (SSSR count). The number of hydrogen-bond donors (Lipinski definition) is 1. The lowest BCUT2D eigenvalue weighted by Gasteiger charge is -2.05. The highest BCUT2D eigenvalue weighted by atomic mass is 35.5. The molecular weight excluding hydrogens is 404 g/mol. The summed E-state index contributed by atoms with van der Waals surface area (Å²) in [5.41, 5.74) is 0.656. The molecule has 0 bridgehead atoms. The van der Waals surface area contributed by atoms with Gasteiger partial charge >= 0.3 is 0 Å². The molecule has 0 aliphatic heterocycles. The smallest absolute Gasteiger partial charge is 0.263 e. The minimum Gasteiger partial charge on any atom is -0.347 e. The van der Waals surface area contributed by atoms with Gasteiger partial charge in [-0.15, -0.1) is 11.3 Å². The summed E-state index contributed by atoms with van der Waals surface area (Å²) in [5, 5.41) is 1.73. The van der Waals surface area contributed by atoms with Gasteiger partial charge in [0.05, 0.1) is 25.4 Å². The molecule has 0 spiro atoms. The lowest BCUT2D eigenvalue weighted by Crippen LogP contribution is -2.21. The molecule has 0 aliphatic rings. The maximum atomic E-state index is 12.1. The standard InChI is InChI=1S/C14H7Cl4NO3S/c15-8-2-1-6(3-9(8)16)5-19-14(22)10-4-7(12(17)20)11(23-10)13(18)21/h1-4H,5H2,(H,19,22). The topological polar surface area (TPSA) is 63.2 Å². The van der Waals surface area contributed by atoms with Crippen LogP contribution in [0.4, 0.5) is 0 Å². The van der Waals surface area contributed by atoms with Crippen LogP contribution in [0, 0.1) is 0 Å². The van der Waals surface area contributed by atoms with E-state index in [9.17, 15) is 14.4 Å². The Morgan fingerprint density at radius 1 is 1.00 bits per heavy atom. The third-order valence-electron chi connectivity index (χ3n) is 2.78. The summed E-state index contributed by atoms with van der Waals surface area (Å²) < 4.78 is 0. The second kappa shape index (κ2) is 7.64. The van der Waals surface area contributed by atoms with E-state index in [2.05, 4.69) is 5.32 Å². The Balaban J connectivity index is 2.14. The van der Waals surface area contributed by atoms with E-state index in [1.54, 1.807) is 18.2 Å². The van der Waals surface area contributed by atoms with Gasteiger partial charge in [-0.05, 0) is 47.0 Å². The van der Waals surface area contributed by atoms with Crippen LogP contribution in [0.15, 0.2) is 24.3 Å². The van der Waals surface area contributed by atoms with Crippen molar-refractivity contribution in [2.45, 2.75) is 6.54 Å². The zero-order valence-electron chi connectivity index (χ0n) is 11.2. The Bertz CT molecular complexity index is 772. The Morgan fingerprint density at radius 2 is 1.70 bits per heavy atom. The van der Waals surface area contributed by atoms with Crippen molar-refractivity contribution < 1.29 is 14.4 Å². The van der Waals surface area contributed by atoms with Crippen LogP contribution >= 0.6 is 57.7 Å². The average molecular weight is 411 g/mol. The monoisotopic (exact) mass is 409 g/mol. The fraction of sp³-hybridized carbons (Fsp3) is 0.0714. The van der Waals surface area contributed by atoms with E-state index in [1.807, 2.05) is 0 Å². The Labute approximate surface area is 155 Å². The zero-order chi connectivity index (χ0) is 17.1. The van der Waals surface area contributed by atoms with E-state index in [0.717, 1.165) is 16.9 Å². The quantitative estimate of drug-likeness (QED) is 0.723. The van der Waals surface area contributed by atoms with Gasteiger partial charge in [-0.1, -0.05) is 29.3 Å². The fourth-order valence-electron chi connectivity index (χ4n) is 1.71. The first-order chi connectivity index (χ1) is 10.8. The minimum absolute atomic E-state index is 0.0636. The first-order valence-electron chi connectivity index (χ1n) is 6.05. The lowest BCUT2D eigenvalue weighted by atomic mass is 10.2. The molecule has 2 aromatic rings. The molecule has 9 heteroatoms. The van der Waals surface area contributed by atoms with Crippen LogP contribution in [0.3, 0.4) is 0 Å². The summed E-state index contributed by atoms with van der Waals surface area (Å²) in [6.07, 6.45) is 0. The highest BCUT2D eigenvalue weighted by Gasteiger charge is 2.21. The molecule has 1 heterocycles. The molecule has 0 atom stereocenters. The molecule has 1 N–H and O–H groups in total. The molecule has 0 radical (unpaired) electrons. The SMILES string of the molecule is O=C(NCc1ccc(Cl)c(Cl)c1)c1cc(C(=O)Cl)c(C(=O)Cl)s1. The van der Waals surface area contributed by atoms with Gasteiger partial charge in [-0.3, -0.25) is 14.4 Å². The van der Waals surface area contributed by atoms with Crippen LogP contribution in [-0.2, 0) is 6.54 Å². The van der Waals surface area contributed by atoms with Crippen molar-refractivity contribution in [2.24, 2.45) is 0 Å². The molecule has 1 amide bonds. The van der Waals surface area contributed by atoms with E-state index in [1.165, 1.54) is 6.07 Å². The van der Waals surface area contributed by atoms with E-state index < -0.39 is 16.4 Å². The van der Waals surface area contributed by atoms with Gasteiger partial charge in [0, 0.05) is 6.54 Å². The summed E-state index contributed by atoms with van der Waals surface area (Å²) >= 11 is 23.3. The number of rotatable bonds is 5. The normalized spacial score (nSPS) is 10.4. The number of thiophene rings is 1. The number of halogens is 4. The second-order valence-electron chi connectivity index (χ2n) is 4.33. The number of benzene rings is 1. The van der Waals surface area contributed by atoms with Gasteiger partial charge in [-0.2, -0.15) is 0 Å². The first-order valence-corrected chi connectivity index (χ1v) is 8.38. The maximum absolute atomic E-state index is 12.1. The highest BCUT2D eigenvalue weighted by molar-refractivity contribution is 7.18. The number of amides is 1. The number of carbonyl (C=O) groups excluding carboxylic acids is 3. The van der Waals surface area contributed by atoms with Crippen molar-refractivity contribution in [1.82, 2.24) is 5.32 Å². The maximum Gasteiger partial charge on any atom is 0.263 e. The van der Waals surface area contributed by atoms with E-state index in [4.69, 9.17) is 46.4 Å². The molecular formula is C14H7Cl4NO3S. The highest BCUT2D eigenvalue weighted by Crippen LogP contribution is 2.26. The van der Waals surface area contributed by atoms with Crippen LogP contribution in [-0.4, -0.2) is 16.4 Å². The summed E-state index contributed by atoms with van der Waals surface area (Å²) in [6.45, 7) is 0.196. The van der Waals surface area contributed by atoms with Crippen LogP contribution < -0.4 is 5.32 Å². The van der Waals surface area contributed by atoms with Crippen molar-refractivity contribution in [1.29, 1.82) is 0 Å². The van der Waals surface area contributed by atoms with Gasteiger partial charge in [0.1, 0.15) is 0 Å². The molecule has 1 aromatic carbocycles. The van der Waals surface area contributed by atoms with Crippen molar-refractivity contribution in [3.8, 4) is 0 Å². The van der Waals surface area contributed by atoms with Gasteiger partial charge in [0.25, 0.3) is 16.4 Å². The molecule has 0 unspecified atom stereocenters. The lowest BCUT2D eigenvalue weighted by molar-refractivity contribution is 0.0954. The largest absolute Gasteiger partial charge is 0.347 e. The third kappa shape index (κ3) is 4.46. The van der Waals surface area contributed by atoms with E-state index in [-0.39, 0.29) is 21.9 Å². The van der Waals surface area contributed by atoms with Crippen molar-refractivity contribution >= 4 is 74.1 Å². The molecule has 0 aliphatic carbocycles. The molecule has 120 valence electrons. The molecule has 0 saturated carbocycles. The summed E-state index contributed by atoms with van der Waals surface area (Å²) in [5.74, 6) is -0.468. The molecule has 4 nitrogen and oxygen atoms in total. The fourth-order valence-corrected chi connectivity index (χ4v) is 3.36. The predicted octanol–water partition coefficient (Wildman–Crippen LogP) is 4.74. The Kier molecular flexibility index (Phi) is 6.06. The number of nitrogens with one attached hydrogen (secondary N) is 1. The summed E-state index contributed by atoms with van der Waals surface area (Å²) in [6, 6.07) is 6.19. The van der Waals surface area contributed by atoms with Crippen molar-refractivity contribution in [2.75, 3.05) is 0 Å². The molecule has 23 heavy (non-hydrogen) atoms. The average Bonchev–Trinajstić information content (AvgIpc) is 2.94. The molecule has 0 fully saturated rings. The Morgan fingerprint density at radius 3 is 2.22 bits per heavy atom. The van der Waals surface area contributed by atoms with Crippen LogP contribution in [0.25, 0.3) is 0 Å². The van der Waals surface area contributed by atoms with Gasteiger partial charge in [-0.25, -0.2) is 0 Å². The molecule has 1 aromatic heterocycles. The third-order valence-corrected chi connectivity index (χ3v) is 5.16. The van der Waals surface area contributed by atoms with E-state index >= 15 is 0 Å². The minimum atomic E-state index is -0.853. The summed E-state index contributed by atoms with van der Waals surface area (Å²) in [7, 11) is 0. The number of carbonyl (C=O) groups is 3. The van der Waals surface area contributed by atoms with Gasteiger partial charge in [0.2, 0.25) is 0 Å². The van der Waals surface area contributed by atoms with Crippen LogP contribution in [0.2, 0.25) is 10.0 Å². The second-order valence-corrected chi connectivity index (χ2v) is 6.89. The summed E-state index contributed by atoms with van der Waals surface area (Å²) in [4.78, 5) is 34.7. The zero-order valence-corrected chi connectivity index (χ0v) is 15.0. The number of hydrogen-bond acceptors (Lipinski definition) is 4.